The van der Waals surface area contributed by atoms with Gasteiger partial charge in [-0.15, -0.1) is 0 Å². The van der Waals surface area contributed by atoms with Gasteiger partial charge in [0.05, 0.1) is 0 Å². The fourth-order valence-corrected chi connectivity index (χ4v) is 3.44. The molecule has 0 aliphatic rings. The molecule has 3 rings (SSSR count). The Balaban J connectivity index is 1.86. The predicted molar refractivity (Wildman–Crippen MR) is 122 cm³/mol. The van der Waals surface area contributed by atoms with E-state index in [1.807, 2.05) is 91.9 Å². The van der Waals surface area contributed by atoms with E-state index in [0.29, 0.717) is 18.7 Å². The molecule has 2 amide bonds. The average molecular weight is 417 g/mol. The molecule has 0 heterocycles. The molecular formula is C26H28N2O3. The average Bonchev–Trinajstić information content (AvgIpc) is 2.81. The summed E-state index contributed by atoms with van der Waals surface area (Å²) in [6.07, 6.45) is 0.420. The number of para-hydroxylation sites is 1. The lowest BCUT2D eigenvalue weighted by Gasteiger charge is -2.31. The summed E-state index contributed by atoms with van der Waals surface area (Å²) in [7, 11) is 1.59. The summed E-state index contributed by atoms with van der Waals surface area (Å²) in [6.45, 7) is 2.12. The molecule has 3 aromatic carbocycles. The van der Waals surface area contributed by atoms with Crippen LogP contribution in [0, 0.1) is 6.92 Å². The smallest absolute Gasteiger partial charge is 0.261 e. The first kappa shape index (κ1) is 22.1. The number of ether oxygens (including phenoxy) is 1. The Labute approximate surface area is 183 Å². The minimum absolute atomic E-state index is 0.139. The molecule has 5 heteroatoms. The maximum Gasteiger partial charge on any atom is 0.261 e. The highest BCUT2D eigenvalue weighted by Crippen LogP contribution is 2.18. The number of amides is 2. The zero-order valence-corrected chi connectivity index (χ0v) is 18.0. The number of carbonyl (C=O) groups excluding carboxylic acids is 2. The molecule has 0 saturated carbocycles. The van der Waals surface area contributed by atoms with Gasteiger partial charge in [0.2, 0.25) is 5.91 Å². The predicted octanol–water partition coefficient (Wildman–Crippen LogP) is 3.76. The molecule has 0 saturated heterocycles. The monoisotopic (exact) mass is 416 g/mol. The molecule has 1 atom stereocenters. The fourth-order valence-electron chi connectivity index (χ4n) is 3.44. The second-order valence-corrected chi connectivity index (χ2v) is 7.38. The Morgan fingerprint density at radius 3 is 2.06 bits per heavy atom. The number of rotatable bonds is 9. The van der Waals surface area contributed by atoms with Crippen molar-refractivity contribution in [3.05, 3.63) is 102 Å². The molecule has 0 spiro atoms. The maximum atomic E-state index is 13.3. The summed E-state index contributed by atoms with van der Waals surface area (Å²) in [5.41, 5.74) is 2.90. The second kappa shape index (κ2) is 11.0. The molecule has 0 aliphatic carbocycles. The number of carbonyl (C=O) groups is 2. The molecule has 0 bridgehead atoms. The van der Waals surface area contributed by atoms with E-state index in [2.05, 4.69) is 5.32 Å². The van der Waals surface area contributed by atoms with Crippen LogP contribution in [0.4, 0.5) is 0 Å². The van der Waals surface area contributed by atoms with Crippen molar-refractivity contribution >= 4 is 11.8 Å². The SMILES string of the molecule is CNC(=O)[C@@H](Cc1ccccc1)N(Cc1ccccc1)C(=O)COc1ccccc1C. The quantitative estimate of drug-likeness (QED) is 0.578. The molecule has 5 nitrogen and oxygen atoms in total. The van der Waals surface area contributed by atoms with Gasteiger partial charge in [0.25, 0.3) is 5.91 Å². The van der Waals surface area contributed by atoms with Crippen LogP contribution in [0.2, 0.25) is 0 Å². The zero-order valence-electron chi connectivity index (χ0n) is 18.0. The summed E-state index contributed by atoms with van der Waals surface area (Å²) >= 11 is 0. The van der Waals surface area contributed by atoms with Crippen LogP contribution in [-0.4, -0.2) is 36.4 Å². The first-order valence-electron chi connectivity index (χ1n) is 10.4. The lowest BCUT2D eigenvalue weighted by atomic mass is 10.0. The van der Waals surface area contributed by atoms with Gasteiger partial charge in [-0.25, -0.2) is 0 Å². The lowest BCUT2D eigenvalue weighted by molar-refractivity contribution is -0.142. The molecule has 1 N–H and O–H groups in total. The Hall–Kier alpha value is -3.60. The topological polar surface area (TPSA) is 58.6 Å². The second-order valence-electron chi connectivity index (χ2n) is 7.38. The van der Waals surface area contributed by atoms with Crippen LogP contribution in [0.25, 0.3) is 0 Å². The van der Waals surface area contributed by atoms with Gasteiger partial charge in [0, 0.05) is 20.0 Å². The summed E-state index contributed by atoms with van der Waals surface area (Å²) in [5, 5.41) is 2.72. The largest absolute Gasteiger partial charge is 0.484 e. The normalized spacial score (nSPS) is 11.4. The van der Waals surface area contributed by atoms with E-state index in [9.17, 15) is 9.59 Å². The minimum atomic E-state index is -0.652. The maximum absolute atomic E-state index is 13.3. The van der Waals surface area contributed by atoms with Crippen molar-refractivity contribution in [3.63, 3.8) is 0 Å². The van der Waals surface area contributed by atoms with E-state index in [-0.39, 0.29) is 18.4 Å². The van der Waals surface area contributed by atoms with Gasteiger partial charge >= 0.3 is 0 Å². The van der Waals surface area contributed by atoms with Crippen molar-refractivity contribution in [2.24, 2.45) is 0 Å². The highest BCUT2D eigenvalue weighted by molar-refractivity contribution is 5.88. The summed E-state index contributed by atoms with van der Waals surface area (Å²) in [6, 6.07) is 26.3. The molecule has 0 aliphatic heterocycles. The molecule has 0 unspecified atom stereocenters. The van der Waals surface area contributed by atoms with E-state index >= 15 is 0 Å². The van der Waals surface area contributed by atoms with Crippen LogP contribution in [0.1, 0.15) is 16.7 Å². The Morgan fingerprint density at radius 2 is 1.45 bits per heavy atom. The summed E-state index contributed by atoms with van der Waals surface area (Å²) < 4.78 is 5.81. The van der Waals surface area contributed by atoms with E-state index in [4.69, 9.17) is 4.74 Å². The van der Waals surface area contributed by atoms with Crippen molar-refractivity contribution in [2.75, 3.05) is 13.7 Å². The van der Waals surface area contributed by atoms with Crippen LogP contribution < -0.4 is 10.1 Å². The number of nitrogens with one attached hydrogen (secondary N) is 1. The molecule has 0 aromatic heterocycles. The van der Waals surface area contributed by atoms with Crippen LogP contribution in [0.3, 0.4) is 0 Å². The Morgan fingerprint density at radius 1 is 0.871 bits per heavy atom. The standard InChI is InChI=1S/C26H28N2O3/c1-20-11-9-10-16-24(20)31-19-25(29)28(18-22-14-7-4-8-15-22)23(26(30)27-2)17-21-12-5-3-6-13-21/h3-16,23H,17-19H2,1-2H3,(H,27,30)/t23-/m1/s1. The van der Waals surface area contributed by atoms with Gasteiger partial charge in [-0.3, -0.25) is 9.59 Å². The van der Waals surface area contributed by atoms with Gasteiger partial charge in [0.15, 0.2) is 6.61 Å². The highest BCUT2D eigenvalue weighted by atomic mass is 16.5. The molecular weight excluding hydrogens is 388 g/mol. The number of likely N-dealkylation sites (N-methyl/N-ethyl adjacent to an activating group) is 1. The third-order valence-corrected chi connectivity index (χ3v) is 5.16. The van der Waals surface area contributed by atoms with Crippen LogP contribution in [0.5, 0.6) is 5.75 Å². The van der Waals surface area contributed by atoms with Crippen molar-refractivity contribution in [1.82, 2.24) is 10.2 Å². The van der Waals surface area contributed by atoms with E-state index in [1.165, 1.54) is 0 Å². The summed E-state index contributed by atoms with van der Waals surface area (Å²) in [4.78, 5) is 27.8. The first-order chi connectivity index (χ1) is 15.1. The zero-order chi connectivity index (χ0) is 22.1. The van der Waals surface area contributed by atoms with Crippen molar-refractivity contribution < 1.29 is 14.3 Å². The van der Waals surface area contributed by atoms with E-state index < -0.39 is 6.04 Å². The Bertz CT molecular complexity index is 990. The highest BCUT2D eigenvalue weighted by Gasteiger charge is 2.30. The Kier molecular flexibility index (Phi) is 7.82. The van der Waals surface area contributed by atoms with E-state index in [0.717, 1.165) is 16.7 Å². The molecule has 160 valence electrons. The number of aryl methyl sites for hydroxylation is 1. The number of hydrogen-bond donors (Lipinski definition) is 1. The van der Waals surface area contributed by atoms with Gasteiger partial charge in [-0.1, -0.05) is 78.9 Å². The van der Waals surface area contributed by atoms with Crippen molar-refractivity contribution in [3.8, 4) is 5.75 Å². The molecule has 0 fully saturated rings. The van der Waals surface area contributed by atoms with Crippen molar-refractivity contribution in [1.29, 1.82) is 0 Å². The molecule has 31 heavy (non-hydrogen) atoms. The lowest BCUT2D eigenvalue weighted by Crippen LogP contribution is -2.51. The first-order valence-corrected chi connectivity index (χ1v) is 10.4. The van der Waals surface area contributed by atoms with Crippen LogP contribution in [0.15, 0.2) is 84.9 Å². The van der Waals surface area contributed by atoms with Crippen LogP contribution in [-0.2, 0) is 22.6 Å². The number of nitrogens with zero attached hydrogens (tertiary/aromatic N) is 1. The number of hydrogen-bond acceptors (Lipinski definition) is 3. The van der Waals surface area contributed by atoms with E-state index in [1.54, 1.807) is 11.9 Å². The fraction of sp³-hybridized carbons (Fsp3) is 0.231. The van der Waals surface area contributed by atoms with Crippen molar-refractivity contribution in [2.45, 2.75) is 25.9 Å². The van der Waals surface area contributed by atoms with Gasteiger partial charge in [0.1, 0.15) is 11.8 Å². The molecule has 3 aromatic rings. The third kappa shape index (κ3) is 6.19. The summed E-state index contributed by atoms with van der Waals surface area (Å²) in [5.74, 6) is 0.218. The third-order valence-electron chi connectivity index (χ3n) is 5.16. The minimum Gasteiger partial charge on any atom is -0.484 e. The van der Waals surface area contributed by atoms with Gasteiger partial charge in [-0.2, -0.15) is 0 Å². The van der Waals surface area contributed by atoms with Gasteiger partial charge < -0.3 is 15.0 Å². The number of benzene rings is 3. The van der Waals surface area contributed by atoms with Gasteiger partial charge in [-0.05, 0) is 29.7 Å². The molecule has 0 radical (unpaired) electrons. The van der Waals surface area contributed by atoms with Crippen LogP contribution >= 0.6 is 0 Å².